The van der Waals surface area contributed by atoms with Crippen LogP contribution in [-0.4, -0.2) is 7.05 Å². The average Bonchev–Trinajstić information content (AvgIpc) is 2.69. The van der Waals surface area contributed by atoms with Crippen LogP contribution in [0.5, 0.6) is 0 Å². The van der Waals surface area contributed by atoms with Gasteiger partial charge in [0, 0.05) is 10.9 Å². The SMILES string of the molecule is CNCc1oc2c(C(C)C)ccc(C)c2c1C(C)C. The van der Waals surface area contributed by atoms with Crippen molar-refractivity contribution in [1.29, 1.82) is 0 Å². The van der Waals surface area contributed by atoms with Crippen molar-refractivity contribution in [2.75, 3.05) is 7.05 Å². The van der Waals surface area contributed by atoms with Crippen LogP contribution in [0.4, 0.5) is 0 Å². The Kier molecular flexibility index (Phi) is 4.00. The van der Waals surface area contributed by atoms with Gasteiger partial charge in [-0.15, -0.1) is 0 Å². The van der Waals surface area contributed by atoms with Crippen LogP contribution in [0.1, 0.15) is 62.0 Å². The van der Waals surface area contributed by atoms with Gasteiger partial charge in [-0.2, -0.15) is 0 Å². The van der Waals surface area contributed by atoms with Gasteiger partial charge in [0.15, 0.2) is 0 Å². The molecule has 1 aromatic carbocycles. The van der Waals surface area contributed by atoms with E-state index < -0.39 is 0 Å². The summed E-state index contributed by atoms with van der Waals surface area (Å²) in [7, 11) is 1.97. The minimum atomic E-state index is 0.478. The second-order valence-electron chi connectivity index (χ2n) is 5.95. The maximum atomic E-state index is 6.21. The maximum Gasteiger partial charge on any atom is 0.138 e. The van der Waals surface area contributed by atoms with Gasteiger partial charge in [0.05, 0.1) is 6.54 Å². The molecule has 2 nitrogen and oxygen atoms in total. The number of aryl methyl sites for hydroxylation is 1. The summed E-state index contributed by atoms with van der Waals surface area (Å²) in [5.41, 5.74) is 5.08. The highest BCUT2D eigenvalue weighted by Gasteiger charge is 2.21. The van der Waals surface area contributed by atoms with Gasteiger partial charge in [0.2, 0.25) is 0 Å². The van der Waals surface area contributed by atoms with Crippen molar-refractivity contribution in [3.63, 3.8) is 0 Å². The van der Waals surface area contributed by atoms with E-state index in [1.54, 1.807) is 0 Å². The normalized spacial score (nSPS) is 12.0. The lowest BCUT2D eigenvalue weighted by Gasteiger charge is -2.09. The van der Waals surface area contributed by atoms with Crippen molar-refractivity contribution in [3.8, 4) is 0 Å². The van der Waals surface area contributed by atoms with Crippen LogP contribution in [-0.2, 0) is 6.54 Å². The van der Waals surface area contributed by atoms with Crippen molar-refractivity contribution in [2.24, 2.45) is 0 Å². The number of hydrogen-bond acceptors (Lipinski definition) is 2. The van der Waals surface area contributed by atoms with Gasteiger partial charge < -0.3 is 9.73 Å². The number of hydrogen-bond donors (Lipinski definition) is 1. The monoisotopic (exact) mass is 259 g/mol. The molecule has 0 unspecified atom stereocenters. The fourth-order valence-electron chi connectivity index (χ4n) is 2.82. The number of rotatable bonds is 4. The molecular formula is C17H25NO. The highest BCUT2D eigenvalue weighted by Crippen LogP contribution is 2.37. The van der Waals surface area contributed by atoms with Gasteiger partial charge >= 0.3 is 0 Å². The van der Waals surface area contributed by atoms with Gasteiger partial charge in [-0.3, -0.25) is 0 Å². The van der Waals surface area contributed by atoms with Crippen LogP contribution in [0, 0.1) is 6.92 Å². The highest BCUT2D eigenvalue weighted by molar-refractivity contribution is 5.89. The number of fused-ring (bicyclic) bond motifs is 1. The maximum absolute atomic E-state index is 6.21. The molecule has 2 rings (SSSR count). The lowest BCUT2D eigenvalue weighted by atomic mass is 9.92. The lowest BCUT2D eigenvalue weighted by molar-refractivity contribution is 0.516. The molecule has 0 radical (unpaired) electrons. The molecule has 0 atom stereocenters. The molecule has 0 fully saturated rings. The fourth-order valence-corrected chi connectivity index (χ4v) is 2.82. The third kappa shape index (κ3) is 2.42. The molecule has 0 aliphatic rings. The largest absolute Gasteiger partial charge is 0.459 e. The molecule has 104 valence electrons. The van der Waals surface area contributed by atoms with Crippen LogP contribution in [0.3, 0.4) is 0 Å². The molecule has 0 saturated heterocycles. The van der Waals surface area contributed by atoms with E-state index in [1.807, 2.05) is 7.05 Å². The molecule has 2 aromatic rings. The van der Waals surface area contributed by atoms with E-state index in [0.717, 1.165) is 17.9 Å². The first-order valence-corrected chi connectivity index (χ1v) is 7.16. The molecule has 0 spiro atoms. The first kappa shape index (κ1) is 14.1. The summed E-state index contributed by atoms with van der Waals surface area (Å²) in [6, 6.07) is 4.43. The minimum absolute atomic E-state index is 0.478. The van der Waals surface area contributed by atoms with Crippen molar-refractivity contribution >= 4 is 11.0 Å². The predicted octanol–water partition coefficient (Wildman–Crippen LogP) is 4.71. The Balaban J connectivity index is 2.81. The van der Waals surface area contributed by atoms with Gasteiger partial charge in [-0.05, 0) is 36.9 Å². The summed E-state index contributed by atoms with van der Waals surface area (Å²) in [6.07, 6.45) is 0. The lowest BCUT2D eigenvalue weighted by Crippen LogP contribution is -2.06. The predicted molar refractivity (Wildman–Crippen MR) is 81.9 cm³/mol. The van der Waals surface area contributed by atoms with Crippen molar-refractivity contribution in [1.82, 2.24) is 5.32 Å². The Bertz CT molecular complexity index is 578. The second kappa shape index (κ2) is 5.38. The Morgan fingerprint density at radius 1 is 1.11 bits per heavy atom. The van der Waals surface area contributed by atoms with E-state index in [2.05, 4.69) is 52.1 Å². The standard InChI is InChI=1S/C17H25NO/c1-10(2)13-8-7-12(5)16-15(11(3)4)14(9-18-6)19-17(13)16/h7-8,10-11,18H,9H2,1-6H3. The topological polar surface area (TPSA) is 25.2 Å². The van der Waals surface area contributed by atoms with Gasteiger partial charge in [0.25, 0.3) is 0 Å². The van der Waals surface area contributed by atoms with E-state index in [4.69, 9.17) is 4.42 Å². The summed E-state index contributed by atoms with van der Waals surface area (Å²) in [4.78, 5) is 0. The zero-order valence-corrected chi connectivity index (χ0v) is 12.9. The molecule has 0 aliphatic heterocycles. The number of furan rings is 1. The van der Waals surface area contributed by atoms with Crippen LogP contribution >= 0.6 is 0 Å². The molecule has 0 bridgehead atoms. The van der Waals surface area contributed by atoms with Crippen molar-refractivity contribution in [3.05, 3.63) is 34.6 Å². The van der Waals surface area contributed by atoms with Gasteiger partial charge in [-0.25, -0.2) is 0 Å². The van der Waals surface area contributed by atoms with E-state index in [-0.39, 0.29) is 0 Å². The van der Waals surface area contributed by atoms with E-state index in [0.29, 0.717) is 11.8 Å². The molecule has 1 heterocycles. The first-order valence-electron chi connectivity index (χ1n) is 7.16. The van der Waals surface area contributed by atoms with Gasteiger partial charge in [-0.1, -0.05) is 39.8 Å². The molecule has 2 heteroatoms. The molecule has 1 N–H and O–H groups in total. The molecule has 1 aromatic heterocycles. The second-order valence-corrected chi connectivity index (χ2v) is 5.95. The van der Waals surface area contributed by atoms with Crippen LogP contribution in [0.2, 0.25) is 0 Å². The smallest absolute Gasteiger partial charge is 0.138 e. The Hall–Kier alpha value is -1.28. The molecule has 19 heavy (non-hydrogen) atoms. The zero-order valence-electron chi connectivity index (χ0n) is 12.9. The third-order valence-electron chi connectivity index (χ3n) is 3.73. The van der Waals surface area contributed by atoms with Crippen LogP contribution in [0.25, 0.3) is 11.0 Å². The molecule has 0 saturated carbocycles. The Labute approximate surface area is 116 Å². The van der Waals surface area contributed by atoms with E-state index in [9.17, 15) is 0 Å². The molecule has 0 aliphatic carbocycles. The molecular weight excluding hydrogens is 234 g/mol. The fraction of sp³-hybridized carbons (Fsp3) is 0.529. The van der Waals surface area contributed by atoms with Crippen LogP contribution in [0.15, 0.2) is 16.5 Å². The third-order valence-corrected chi connectivity index (χ3v) is 3.73. The number of benzene rings is 1. The number of nitrogens with one attached hydrogen (secondary N) is 1. The first-order chi connectivity index (χ1) is 8.97. The summed E-state index contributed by atoms with van der Waals surface area (Å²) >= 11 is 0. The summed E-state index contributed by atoms with van der Waals surface area (Å²) < 4.78 is 6.21. The Morgan fingerprint density at radius 2 is 1.79 bits per heavy atom. The average molecular weight is 259 g/mol. The summed E-state index contributed by atoms with van der Waals surface area (Å²) in [5, 5.41) is 4.54. The highest BCUT2D eigenvalue weighted by atomic mass is 16.3. The molecule has 0 amide bonds. The Morgan fingerprint density at radius 3 is 2.32 bits per heavy atom. The zero-order chi connectivity index (χ0) is 14.2. The van der Waals surface area contributed by atoms with Crippen molar-refractivity contribution in [2.45, 2.75) is 53.0 Å². The quantitative estimate of drug-likeness (QED) is 0.860. The van der Waals surface area contributed by atoms with Gasteiger partial charge in [0.1, 0.15) is 11.3 Å². The minimum Gasteiger partial charge on any atom is -0.459 e. The summed E-state index contributed by atoms with van der Waals surface area (Å²) in [6.45, 7) is 11.9. The van der Waals surface area contributed by atoms with E-state index >= 15 is 0 Å². The van der Waals surface area contributed by atoms with E-state index in [1.165, 1.54) is 22.1 Å². The van der Waals surface area contributed by atoms with Crippen LogP contribution < -0.4 is 5.32 Å². The summed E-state index contributed by atoms with van der Waals surface area (Å²) in [5.74, 6) is 2.05. The van der Waals surface area contributed by atoms with Crippen molar-refractivity contribution < 1.29 is 4.42 Å².